The standard InChI is InChI=1S/C23H28FN3O2/c1-22(2,3)29-21(28)26-13-23(14-26)10-16(11-23)27-20(17-6-4-5-7-19(17)24)18(12-25-27)15-8-9-15/h4-7,12,15-16H,8-11,13-14H2,1-3H3. The highest BCUT2D eigenvalue weighted by Crippen LogP contribution is 2.56. The maximum atomic E-state index is 14.6. The second-order valence-electron chi connectivity index (χ2n) is 10.0. The van der Waals surface area contributed by atoms with Gasteiger partial charge in [-0.25, -0.2) is 9.18 Å². The molecule has 0 radical (unpaired) electrons. The Balaban J connectivity index is 1.31. The Morgan fingerprint density at radius 2 is 1.90 bits per heavy atom. The third-order valence-corrected chi connectivity index (χ3v) is 6.36. The molecule has 0 bridgehead atoms. The first-order valence-electron chi connectivity index (χ1n) is 10.5. The van der Waals surface area contributed by atoms with Gasteiger partial charge in [0.2, 0.25) is 0 Å². The second kappa shape index (κ2) is 6.31. The minimum Gasteiger partial charge on any atom is -0.444 e. The summed E-state index contributed by atoms with van der Waals surface area (Å²) in [6, 6.07) is 7.26. The number of hydrogen-bond donors (Lipinski definition) is 0. The summed E-state index contributed by atoms with van der Waals surface area (Å²) in [4.78, 5) is 14.0. The van der Waals surface area contributed by atoms with Crippen molar-refractivity contribution in [2.75, 3.05) is 13.1 Å². The molecule has 29 heavy (non-hydrogen) atoms. The van der Waals surface area contributed by atoms with Gasteiger partial charge in [-0.2, -0.15) is 5.10 Å². The summed E-state index contributed by atoms with van der Waals surface area (Å²) in [7, 11) is 0. The fourth-order valence-electron chi connectivity index (χ4n) is 4.87. The molecule has 2 saturated carbocycles. The van der Waals surface area contributed by atoms with Crippen molar-refractivity contribution in [2.45, 2.75) is 64.0 Å². The van der Waals surface area contributed by atoms with Gasteiger partial charge in [-0.05, 0) is 64.5 Å². The summed E-state index contributed by atoms with van der Waals surface area (Å²) < 4.78 is 22.1. The zero-order valence-corrected chi connectivity index (χ0v) is 17.3. The highest BCUT2D eigenvalue weighted by atomic mass is 19.1. The average molecular weight is 397 g/mol. The molecular formula is C23H28FN3O2. The lowest BCUT2D eigenvalue weighted by atomic mass is 9.60. The van der Waals surface area contributed by atoms with Gasteiger partial charge >= 0.3 is 6.09 Å². The van der Waals surface area contributed by atoms with E-state index in [1.165, 1.54) is 11.6 Å². The predicted molar refractivity (Wildman–Crippen MR) is 108 cm³/mol. The number of hydrogen-bond acceptors (Lipinski definition) is 3. The van der Waals surface area contributed by atoms with Crippen LogP contribution in [0.3, 0.4) is 0 Å². The smallest absolute Gasteiger partial charge is 0.410 e. The summed E-state index contributed by atoms with van der Waals surface area (Å²) in [6.07, 6.45) is 5.98. The van der Waals surface area contributed by atoms with Crippen LogP contribution >= 0.6 is 0 Å². The molecule has 6 heteroatoms. The third-order valence-electron chi connectivity index (χ3n) is 6.36. The zero-order chi connectivity index (χ0) is 20.4. The molecule has 0 unspecified atom stereocenters. The molecule has 1 spiro atoms. The van der Waals surface area contributed by atoms with Crippen LogP contribution < -0.4 is 0 Å². The number of halogens is 1. The normalized spacial score (nSPS) is 21.0. The molecule has 0 atom stereocenters. The number of benzene rings is 1. The fraction of sp³-hybridized carbons (Fsp3) is 0.565. The molecule has 1 amide bonds. The molecule has 0 N–H and O–H groups in total. The minimum absolute atomic E-state index is 0.166. The van der Waals surface area contributed by atoms with Crippen LogP contribution in [0.15, 0.2) is 30.5 Å². The number of carbonyl (C=O) groups excluding carboxylic acids is 1. The van der Waals surface area contributed by atoms with Crippen molar-refractivity contribution in [3.8, 4) is 11.3 Å². The van der Waals surface area contributed by atoms with Gasteiger partial charge < -0.3 is 9.64 Å². The Morgan fingerprint density at radius 1 is 1.21 bits per heavy atom. The molecule has 5 rings (SSSR count). The maximum Gasteiger partial charge on any atom is 0.410 e. The highest BCUT2D eigenvalue weighted by molar-refractivity contribution is 5.70. The van der Waals surface area contributed by atoms with Crippen LogP contribution in [0.1, 0.15) is 64.0 Å². The van der Waals surface area contributed by atoms with E-state index < -0.39 is 5.60 Å². The SMILES string of the molecule is CC(C)(C)OC(=O)N1CC2(CC(n3ncc(C4CC4)c3-c3ccccc3F)C2)C1. The number of carbonyl (C=O) groups is 1. The van der Waals surface area contributed by atoms with E-state index in [9.17, 15) is 9.18 Å². The van der Waals surface area contributed by atoms with Crippen molar-refractivity contribution >= 4 is 6.09 Å². The van der Waals surface area contributed by atoms with Crippen LogP contribution in [0.2, 0.25) is 0 Å². The van der Waals surface area contributed by atoms with Crippen molar-refractivity contribution in [2.24, 2.45) is 5.41 Å². The first-order valence-corrected chi connectivity index (χ1v) is 10.5. The van der Waals surface area contributed by atoms with Crippen molar-refractivity contribution in [3.05, 3.63) is 41.8 Å². The lowest BCUT2D eigenvalue weighted by molar-refractivity contribution is -0.0924. The predicted octanol–water partition coefficient (Wildman–Crippen LogP) is 5.14. The fourth-order valence-corrected chi connectivity index (χ4v) is 4.87. The zero-order valence-electron chi connectivity index (χ0n) is 17.3. The largest absolute Gasteiger partial charge is 0.444 e. The van der Waals surface area contributed by atoms with Gasteiger partial charge in [-0.3, -0.25) is 4.68 Å². The minimum atomic E-state index is -0.467. The van der Waals surface area contributed by atoms with Gasteiger partial charge in [0.1, 0.15) is 11.4 Å². The van der Waals surface area contributed by atoms with Crippen LogP contribution in [-0.2, 0) is 4.74 Å². The van der Waals surface area contributed by atoms with Gasteiger partial charge in [0.25, 0.3) is 0 Å². The molecule has 3 aliphatic rings. The summed E-state index contributed by atoms with van der Waals surface area (Å²) in [5, 5.41) is 4.69. The Kier molecular flexibility index (Phi) is 4.06. The number of nitrogens with zero attached hydrogens (tertiary/aromatic N) is 3. The average Bonchev–Trinajstić information content (AvgIpc) is 3.32. The van der Waals surface area contributed by atoms with Crippen LogP contribution in [0.5, 0.6) is 0 Å². The van der Waals surface area contributed by atoms with Crippen LogP contribution in [-0.4, -0.2) is 39.5 Å². The van der Waals surface area contributed by atoms with Crippen LogP contribution in [0.4, 0.5) is 9.18 Å². The van der Waals surface area contributed by atoms with E-state index >= 15 is 0 Å². The molecule has 2 aliphatic carbocycles. The Hall–Kier alpha value is -2.37. The topological polar surface area (TPSA) is 47.4 Å². The van der Waals surface area contributed by atoms with Gasteiger partial charge in [-0.15, -0.1) is 0 Å². The summed E-state index contributed by atoms with van der Waals surface area (Å²) in [5.41, 5.74) is 2.48. The molecule has 154 valence electrons. The number of likely N-dealkylation sites (tertiary alicyclic amines) is 1. The van der Waals surface area contributed by atoms with E-state index in [1.807, 2.05) is 43.8 Å². The molecule has 2 heterocycles. The van der Waals surface area contributed by atoms with Gasteiger partial charge in [-0.1, -0.05) is 12.1 Å². The quantitative estimate of drug-likeness (QED) is 0.721. The molecular weight excluding hydrogens is 369 g/mol. The van der Waals surface area contributed by atoms with E-state index in [0.29, 0.717) is 11.5 Å². The summed E-state index contributed by atoms with van der Waals surface area (Å²) >= 11 is 0. The number of ether oxygens (including phenoxy) is 1. The maximum absolute atomic E-state index is 14.6. The van der Waals surface area contributed by atoms with Crippen molar-refractivity contribution < 1.29 is 13.9 Å². The van der Waals surface area contributed by atoms with E-state index in [4.69, 9.17) is 4.74 Å². The Bertz CT molecular complexity index is 943. The van der Waals surface area contributed by atoms with Gasteiger partial charge in [0, 0.05) is 29.6 Å². The molecule has 1 aromatic heterocycles. The Labute approximate surface area is 170 Å². The van der Waals surface area contributed by atoms with E-state index in [2.05, 4.69) is 5.10 Å². The van der Waals surface area contributed by atoms with E-state index in [0.717, 1.165) is 44.5 Å². The van der Waals surface area contributed by atoms with E-state index in [-0.39, 0.29) is 23.4 Å². The monoisotopic (exact) mass is 397 g/mol. The highest BCUT2D eigenvalue weighted by Gasteiger charge is 2.55. The van der Waals surface area contributed by atoms with Gasteiger partial charge in [0.05, 0.1) is 17.9 Å². The summed E-state index contributed by atoms with van der Waals surface area (Å²) in [6.45, 7) is 7.14. The number of amides is 1. The lowest BCUT2D eigenvalue weighted by Gasteiger charge is -2.58. The Morgan fingerprint density at radius 3 is 2.52 bits per heavy atom. The van der Waals surface area contributed by atoms with Crippen LogP contribution in [0.25, 0.3) is 11.3 Å². The lowest BCUT2D eigenvalue weighted by Crippen LogP contribution is -2.64. The molecule has 3 fully saturated rings. The van der Waals surface area contributed by atoms with Crippen molar-refractivity contribution in [3.63, 3.8) is 0 Å². The molecule has 1 aliphatic heterocycles. The first kappa shape index (κ1) is 18.6. The van der Waals surface area contributed by atoms with Crippen LogP contribution in [0, 0.1) is 11.2 Å². The van der Waals surface area contributed by atoms with Crippen molar-refractivity contribution in [1.82, 2.24) is 14.7 Å². The molecule has 5 nitrogen and oxygen atoms in total. The first-order chi connectivity index (χ1) is 13.7. The molecule has 1 saturated heterocycles. The van der Waals surface area contributed by atoms with E-state index in [1.54, 1.807) is 11.0 Å². The third kappa shape index (κ3) is 3.32. The van der Waals surface area contributed by atoms with Crippen molar-refractivity contribution in [1.29, 1.82) is 0 Å². The summed E-state index contributed by atoms with van der Waals surface area (Å²) in [5.74, 6) is 0.323. The molecule has 2 aromatic rings. The number of rotatable bonds is 3. The second-order valence-corrected chi connectivity index (χ2v) is 10.0. The molecule has 1 aromatic carbocycles. The van der Waals surface area contributed by atoms with Gasteiger partial charge in [0.15, 0.2) is 0 Å². The number of aromatic nitrogens is 2.